The molecule has 2 nitrogen and oxygen atoms in total. The van der Waals surface area contributed by atoms with Crippen molar-refractivity contribution in [2.75, 3.05) is 24.5 Å². The Morgan fingerprint density at radius 3 is 2.85 bits per heavy atom. The van der Waals surface area contributed by atoms with E-state index in [4.69, 9.17) is 0 Å². The lowest BCUT2D eigenvalue weighted by Crippen LogP contribution is -2.26. The minimum atomic E-state index is -0.136. The van der Waals surface area contributed by atoms with E-state index in [1.807, 2.05) is 6.07 Å². The summed E-state index contributed by atoms with van der Waals surface area (Å²) in [6.07, 6.45) is 5.11. The second kappa shape index (κ2) is 7.63. The van der Waals surface area contributed by atoms with Crippen LogP contribution in [0.25, 0.3) is 0 Å². The molecule has 3 heteroatoms. The Kier molecular flexibility index (Phi) is 5.84. The Bertz CT molecular complexity index is 419. The summed E-state index contributed by atoms with van der Waals surface area (Å²) in [5.74, 6) is 0.723. The van der Waals surface area contributed by atoms with Crippen molar-refractivity contribution in [2.45, 2.75) is 46.1 Å². The Labute approximate surface area is 122 Å². The molecule has 1 atom stereocenters. The zero-order valence-corrected chi connectivity index (χ0v) is 12.8. The van der Waals surface area contributed by atoms with Gasteiger partial charge in [-0.3, -0.25) is 0 Å². The van der Waals surface area contributed by atoms with Crippen LogP contribution in [-0.2, 0) is 6.54 Å². The van der Waals surface area contributed by atoms with Crippen LogP contribution < -0.4 is 10.2 Å². The normalized spacial score (nSPS) is 19.9. The van der Waals surface area contributed by atoms with Gasteiger partial charge in [0.15, 0.2) is 0 Å². The van der Waals surface area contributed by atoms with Crippen LogP contribution in [-0.4, -0.2) is 19.6 Å². The first kappa shape index (κ1) is 15.3. The lowest BCUT2D eigenvalue weighted by molar-refractivity contribution is 0.459. The van der Waals surface area contributed by atoms with Gasteiger partial charge in [-0.15, -0.1) is 0 Å². The molecule has 0 spiro atoms. The highest BCUT2D eigenvalue weighted by atomic mass is 19.1. The molecule has 1 aliphatic heterocycles. The van der Waals surface area contributed by atoms with Gasteiger partial charge in [0.2, 0.25) is 0 Å². The number of benzene rings is 1. The predicted octanol–water partition coefficient (Wildman–Crippen LogP) is 3.95. The molecule has 0 aromatic heterocycles. The zero-order chi connectivity index (χ0) is 14.4. The molecule has 1 N–H and O–H groups in total. The van der Waals surface area contributed by atoms with Gasteiger partial charge in [-0.25, -0.2) is 4.39 Å². The summed E-state index contributed by atoms with van der Waals surface area (Å²) in [6.45, 7) is 8.22. The third-order valence-electron chi connectivity index (χ3n) is 4.37. The highest BCUT2D eigenvalue weighted by molar-refractivity contribution is 5.54. The van der Waals surface area contributed by atoms with Crippen LogP contribution in [0.15, 0.2) is 18.2 Å². The number of hydrogen-bond acceptors (Lipinski definition) is 2. The summed E-state index contributed by atoms with van der Waals surface area (Å²) in [4.78, 5) is 2.45. The molecule has 0 radical (unpaired) electrons. The van der Waals surface area contributed by atoms with E-state index in [9.17, 15) is 4.39 Å². The fourth-order valence-electron chi connectivity index (χ4n) is 3.08. The number of halogens is 1. The fourth-order valence-corrected chi connectivity index (χ4v) is 3.08. The van der Waals surface area contributed by atoms with Crippen LogP contribution >= 0.6 is 0 Å². The van der Waals surface area contributed by atoms with Crippen molar-refractivity contribution >= 4 is 5.69 Å². The van der Waals surface area contributed by atoms with Crippen LogP contribution in [0, 0.1) is 11.7 Å². The van der Waals surface area contributed by atoms with Gasteiger partial charge in [-0.2, -0.15) is 0 Å². The maximum Gasteiger partial charge on any atom is 0.123 e. The highest BCUT2D eigenvalue weighted by Gasteiger charge is 2.18. The molecule has 20 heavy (non-hydrogen) atoms. The standard InChI is InChI=1S/C17H27FN2/c1-3-14-6-5-10-20(11-9-14)17-8-7-16(18)12-15(17)13-19-4-2/h7-8,12,14,19H,3-6,9-11,13H2,1-2H3. The molecular formula is C17H27FN2. The largest absolute Gasteiger partial charge is 0.371 e. The molecule has 0 amide bonds. The van der Waals surface area contributed by atoms with Crippen LogP contribution in [0.5, 0.6) is 0 Å². The van der Waals surface area contributed by atoms with E-state index in [-0.39, 0.29) is 5.82 Å². The van der Waals surface area contributed by atoms with E-state index in [0.717, 1.165) is 37.7 Å². The molecule has 2 rings (SSSR count). The zero-order valence-electron chi connectivity index (χ0n) is 12.8. The number of nitrogens with zero attached hydrogens (tertiary/aromatic N) is 1. The second-order valence-electron chi connectivity index (χ2n) is 5.75. The van der Waals surface area contributed by atoms with E-state index < -0.39 is 0 Å². The first-order chi connectivity index (χ1) is 9.74. The highest BCUT2D eigenvalue weighted by Crippen LogP contribution is 2.27. The van der Waals surface area contributed by atoms with E-state index in [1.165, 1.54) is 31.4 Å². The summed E-state index contributed by atoms with van der Waals surface area (Å²) in [5, 5.41) is 3.31. The van der Waals surface area contributed by atoms with Gasteiger partial charge in [0.25, 0.3) is 0 Å². The first-order valence-corrected chi connectivity index (χ1v) is 7.98. The minimum Gasteiger partial charge on any atom is -0.371 e. The monoisotopic (exact) mass is 278 g/mol. The van der Waals surface area contributed by atoms with Gasteiger partial charge in [0, 0.05) is 25.3 Å². The Morgan fingerprint density at radius 1 is 1.25 bits per heavy atom. The van der Waals surface area contributed by atoms with E-state index in [1.54, 1.807) is 12.1 Å². The third-order valence-corrected chi connectivity index (χ3v) is 4.37. The second-order valence-corrected chi connectivity index (χ2v) is 5.75. The molecule has 1 aromatic rings. The summed E-state index contributed by atoms with van der Waals surface area (Å²) < 4.78 is 13.5. The molecule has 1 fully saturated rings. The minimum absolute atomic E-state index is 0.136. The molecule has 1 unspecified atom stereocenters. The van der Waals surface area contributed by atoms with Crippen molar-refractivity contribution in [1.82, 2.24) is 5.32 Å². The van der Waals surface area contributed by atoms with Gasteiger partial charge in [0.1, 0.15) is 5.82 Å². The summed E-state index contributed by atoms with van der Waals surface area (Å²) >= 11 is 0. The van der Waals surface area contributed by atoms with E-state index >= 15 is 0 Å². The van der Waals surface area contributed by atoms with Gasteiger partial charge < -0.3 is 10.2 Å². The van der Waals surface area contributed by atoms with Crippen molar-refractivity contribution in [3.05, 3.63) is 29.6 Å². The number of hydrogen-bond donors (Lipinski definition) is 1. The molecular weight excluding hydrogens is 251 g/mol. The fraction of sp³-hybridized carbons (Fsp3) is 0.647. The Morgan fingerprint density at radius 2 is 2.10 bits per heavy atom. The smallest absolute Gasteiger partial charge is 0.123 e. The maximum atomic E-state index is 13.5. The third kappa shape index (κ3) is 3.95. The van der Waals surface area contributed by atoms with Crippen molar-refractivity contribution in [1.29, 1.82) is 0 Å². The van der Waals surface area contributed by atoms with E-state index in [2.05, 4.69) is 24.1 Å². The van der Waals surface area contributed by atoms with Crippen LogP contribution in [0.1, 0.15) is 45.1 Å². The molecule has 1 heterocycles. The van der Waals surface area contributed by atoms with Gasteiger partial charge in [-0.1, -0.05) is 20.3 Å². The summed E-state index contributed by atoms with van der Waals surface area (Å²) in [5.41, 5.74) is 2.30. The van der Waals surface area contributed by atoms with Gasteiger partial charge >= 0.3 is 0 Å². The number of nitrogens with one attached hydrogen (secondary N) is 1. The summed E-state index contributed by atoms with van der Waals surface area (Å²) in [6, 6.07) is 5.22. The molecule has 1 saturated heterocycles. The van der Waals surface area contributed by atoms with Crippen molar-refractivity contribution in [2.24, 2.45) is 5.92 Å². The molecule has 0 bridgehead atoms. The SMILES string of the molecule is CCNCc1cc(F)ccc1N1CCCC(CC)CC1. The average Bonchev–Trinajstić information content (AvgIpc) is 2.70. The summed E-state index contributed by atoms with van der Waals surface area (Å²) in [7, 11) is 0. The Hall–Kier alpha value is -1.09. The van der Waals surface area contributed by atoms with Crippen LogP contribution in [0.3, 0.4) is 0 Å². The lowest BCUT2D eigenvalue weighted by Gasteiger charge is -2.26. The Balaban J connectivity index is 2.13. The molecule has 1 aliphatic rings. The van der Waals surface area contributed by atoms with Gasteiger partial charge in [0.05, 0.1) is 0 Å². The van der Waals surface area contributed by atoms with Gasteiger partial charge in [-0.05, 0) is 55.5 Å². The maximum absolute atomic E-state index is 13.5. The molecule has 1 aromatic carbocycles. The van der Waals surface area contributed by atoms with Crippen LogP contribution in [0.2, 0.25) is 0 Å². The first-order valence-electron chi connectivity index (χ1n) is 7.98. The van der Waals surface area contributed by atoms with Crippen molar-refractivity contribution in [3.63, 3.8) is 0 Å². The van der Waals surface area contributed by atoms with Crippen LogP contribution in [0.4, 0.5) is 10.1 Å². The molecule has 0 saturated carbocycles. The molecule has 112 valence electrons. The lowest BCUT2D eigenvalue weighted by atomic mass is 9.98. The molecule has 0 aliphatic carbocycles. The van der Waals surface area contributed by atoms with Crippen molar-refractivity contribution in [3.8, 4) is 0 Å². The number of rotatable bonds is 5. The topological polar surface area (TPSA) is 15.3 Å². The van der Waals surface area contributed by atoms with E-state index in [0.29, 0.717) is 0 Å². The quantitative estimate of drug-likeness (QED) is 0.877. The average molecular weight is 278 g/mol. The predicted molar refractivity (Wildman–Crippen MR) is 83.6 cm³/mol. The van der Waals surface area contributed by atoms with Crippen molar-refractivity contribution < 1.29 is 4.39 Å². The number of anilines is 1.